The normalized spacial score (nSPS) is 26.7. The molecule has 152 valence electrons. The summed E-state index contributed by atoms with van der Waals surface area (Å²) < 4.78 is 0. The van der Waals surface area contributed by atoms with Crippen LogP contribution in [0.3, 0.4) is 0 Å². The first kappa shape index (κ1) is 19.2. The molecule has 1 aromatic carbocycles. The fraction of sp³-hybridized carbons (Fsp3) is 0.636. The zero-order chi connectivity index (χ0) is 19.6. The number of carboxylic acid groups (broad SMARTS) is 1. The van der Waals surface area contributed by atoms with Crippen LogP contribution >= 0.6 is 0 Å². The second kappa shape index (κ2) is 8.11. The molecule has 4 rings (SSSR count). The van der Waals surface area contributed by atoms with Gasteiger partial charge in [0.25, 0.3) is 0 Å². The largest absolute Gasteiger partial charge is 0.465 e. The number of rotatable bonds is 4. The number of hydrogen-bond acceptors (Lipinski definition) is 3. The summed E-state index contributed by atoms with van der Waals surface area (Å²) in [5.41, 5.74) is 0.0636. The van der Waals surface area contributed by atoms with E-state index in [0.717, 1.165) is 38.0 Å². The third-order valence-corrected chi connectivity index (χ3v) is 6.87. The lowest BCUT2D eigenvalue weighted by Gasteiger charge is -2.40. The highest BCUT2D eigenvalue weighted by Crippen LogP contribution is 2.35. The summed E-state index contributed by atoms with van der Waals surface area (Å²) in [5, 5.41) is 9.83. The molecule has 1 aliphatic carbocycles. The van der Waals surface area contributed by atoms with E-state index in [1.54, 1.807) is 0 Å². The van der Waals surface area contributed by atoms with Gasteiger partial charge in [0.1, 0.15) is 5.54 Å². The molecule has 0 radical (unpaired) electrons. The SMILES string of the molecule is O=C(O)N1CCC[C@]1(Cc1ccccc1)C(=O)N1CCCN(C2CCC2)CC1. The maximum absolute atomic E-state index is 13.8. The number of carbonyl (C=O) groups excluding carboxylic acids is 1. The van der Waals surface area contributed by atoms with E-state index < -0.39 is 11.6 Å². The van der Waals surface area contributed by atoms with Crippen molar-refractivity contribution in [2.75, 3.05) is 32.7 Å². The monoisotopic (exact) mass is 385 g/mol. The quantitative estimate of drug-likeness (QED) is 0.866. The molecule has 2 aliphatic heterocycles. The van der Waals surface area contributed by atoms with Crippen molar-refractivity contribution in [3.63, 3.8) is 0 Å². The van der Waals surface area contributed by atoms with E-state index in [0.29, 0.717) is 32.0 Å². The van der Waals surface area contributed by atoms with Crippen LogP contribution in [0.4, 0.5) is 4.79 Å². The van der Waals surface area contributed by atoms with Crippen LogP contribution in [0.5, 0.6) is 0 Å². The molecule has 1 saturated carbocycles. The summed E-state index contributed by atoms with van der Waals surface area (Å²) in [4.78, 5) is 31.6. The van der Waals surface area contributed by atoms with Crippen molar-refractivity contribution in [2.24, 2.45) is 0 Å². The molecule has 0 bridgehead atoms. The van der Waals surface area contributed by atoms with E-state index in [2.05, 4.69) is 4.90 Å². The Morgan fingerprint density at radius 3 is 2.43 bits per heavy atom. The van der Waals surface area contributed by atoms with Crippen molar-refractivity contribution in [2.45, 2.75) is 56.5 Å². The van der Waals surface area contributed by atoms with E-state index in [-0.39, 0.29) is 5.91 Å². The van der Waals surface area contributed by atoms with E-state index in [1.807, 2.05) is 35.2 Å². The predicted molar refractivity (Wildman–Crippen MR) is 107 cm³/mol. The van der Waals surface area contributed by atoms with Crippen LogP contribution < -0.4 is 0 Å². The molecule has 0 aromatic heterocycles. The van der Waals surface area contributed by atoms with Crippen LogP contribution in [-0.2, 0) is 11.2 Å². The van der Waals surface area contributed by atoms with Crippen LogP contribution in [0.25, 0.3) is 0 Å². The van der Waals surface area contributed by atoms with Crippen molar-refractivity contribution >= 4 is 12.0 Å². The van der Waals surface area contributed by atoms with E-state index in [1.165, 1.54) is 24.2 Å². The molecule has 28 heavy (non-hydrogen) atoms. The lowest BCUT2D eigenvalue weighted by molar-refractivity contribution is -0.142. The number of amides is 2. The van der Waals surface area contributed by atoms with Crippen LogP contribution in [0.1, 0.15) is 44.1 Å². The number of carbonyl (C=O) groups is 2. The summed E-state index contributed by atoms with van der Waals surface area (Å²) in [7, 11) is 0. The van der Waals surface area contributed by atoms with Gasteiger partial charge in [0, 0.05) is 45.2 Å². The molecule has 1 aromatic rings. The summed E-state index contributed by atoms with van der Waals surface area (Å²) in [6.45, 7) is 3.83. The van der Waals surface area contributed by atoms with Crippen molar-refractivity contribution in [1.82, 2.24) is 14.7 Å². The standard InChI is InChI=1S/C22H31N3O3/c26-20(24-13-6-12-23(15-16-24)19-9-4-10-19)22(11-5-14-25(22)21(27)28)17-18-7-2-1-3-8-18/h1-3,7-8,19H,4-6,9-17H2,(H,27,28)/t22-/m0/s1. The minimum atomic E-state index is -0.979. The molecule has 1 N–H and O–H groups in total. The van der Waals surface area contributed by atoms with Gasteiger partial charge in [0.2, 0.25) is 5.91 Å². The molecular weight excluding hydrogens is 354 g/mol. The molecule has 2 heterocycles. The summed E-state index contributed by atoms with van der Waals surface area (Å²) in [6.07, 6.45) is 5.67. The Bertz CT molecular complexity index is 706. The zero-order valence-electron chi connectivity index (χ0n) is 16.6. The minimum Gasteiger partial charge on any atom is -0.465 e. The third kappa shape index (κ3) is 3.62. The number of hydrogen-bond donors (Lipinski definition) is 1. The second-order valence-corrected chi connectivity index (χ2v) is 8.50. The highest BCUT2D eigenvalue weighted by Gasteiger charge is 2.51. The molecule has 6 heteroatoms. The molecule has 6 nitrogen and oxygen atoms in total. The first-order valence-electron chi connectivity index (χ1n) is 10.7. The van der Waals surface area contributed by atoms with Gasteiger partial charge in [-0.1, -0.05) is 36.8 Å². The van der Waals surface area contributed by atoms with E-state index >= 15 is 0 Å². The van der Waals surface area contributed by atoms with Gasteiger partial charge in [-0.2, -0.15) is 0 Å². The van der Waals surface area contributed by atoms with Crippen LogP contribution in [0.2, 0.25) is 0 Å². The molecule has 3 aliphatic rings. The van der Waals surface area contributed by atoms with Gasteiger partial charge in [0.15, 0.2) is 0 Å². The molecule has 2 saturated heterocycles. The minimum absolute atomic E-state index is 0.00622. The molecular formula is C22H31N3O3. The molecule has 3 fully saturated rings. The van der Waals surface area contributed by atoms with Gasteiger partial charge in [-0.3, -0.25) is 14.6 Å². The fourth-order valence-corrected chi connectivity index (χ4v) is 5.12. The first-order valence-corrected chi connectivity index (χ1v) is 10.7. The first-order chi connectivity index (χ1) is 13.6. The smallest absolute Gasteiger partial charge is 0.408 e. The summed E-state index contributed by atoms with van der Waals surface area (Å²) in [6, 6.07) is 10.5. The number of benzene rings is 1. The molecule has 1 atom stereocenters. The van der Waals surface area contributed by atoms with Gasteiger partial charge >= 0.3 is 6.09 Å². The van der Waals surface area contributed by atoms with Crippen LogP contribution in [-0.4, -0.2) is 76.1 Å². The Morgan fingerprint density at radius 1 is 0.964 bits per heavy atom. The zero-order valence-corrected chi connectivity index (χ0v) is 16.6. The van der Waals surface area contributed by atoms with Gasteiger partial charge in [-0.25, -0.2) is 4.79 Å². The topological polar surface area (TPSA) is 64.1 Å². The molecule has 0 unspecified atom stereocenters. The highest BCUT2D eigenvalue weighted by atomic mass is 16.4. The lowest BCUT2D eigenvalue weighted by Crippen LogP contribution is -2.60. The molecule has 0 spiro atoms. The van der Waals surface area contributed by atoms with Gasteiger partial charge < -0.3 is 10.0 Å². The van der Waals surface area contributed by atoms with Crippen molar-refractivity contribution < 1.29 is 14.7 Å². The second-order valence-electron chi connectivity index (χ2n) is 8.50. The Morgan fingerprint density at radius 2 is 1.75 bits per heavy atom. The molecule has 2 amide bonds. The Labute approximate surface area is 167 Å². The van der Waals surface area contributed by atoms with Gasteiger partial charge in [-0.05, 0) is 37.7 Å². The van der Waals surface area contributed by atoms with E-state index in [9.17, 15) is 14.7 Å². The lowest BCUT2D eigenvalue weighted by atomic mass is 9.86. The summed E-state index contributed by atoms with van der Waals surface area (Å²) in [5.74, 6) is 0.00622. The fourth-order valence-electron chi connectivity index (χ4n) is 5.12. The average molecular weight is 386 g/mol. The Balaban J connectivity index is 1.55. The van der Waals surface area contributed by atoms with Crippen molar-refractivity contribution in [3.05, 3.63) is 35.9 Å². The Hall–Kier alpha value is -2.08. The maximum Gasteiger partial charge on any atom is 0.408 e. The predicted octanol–water partition coefficient (Wildman–Crippen LogP) is 2.83. The third-order valence-electron chi connectivity index (χ3n) is 6.87. The van der Waals surface area contributed by atoms with Crippen molar-refractivity contribution in [1.29, 1.82) is 0 Å². The maximum atomic E-state index is 13.8. The number of nitrogens with zero attached hydrogens (tertiary/aromatic N) is 3. The van der Waals surface area contributed by atoms with Crippen LogP contribution in [0.15, 0.2) is 30.3 Å². The van der Waals surface area contributed by atoms with Gasteiger partial charge in [0.05, 0.1) is 0 Å². The Kier molecular flexibility index (Phi) is 5.58. The highest BCUT2D eigenvalue weighted by molar-refractivity contribution is 5.90. The average Bonchev–Trinajstić information content (AvgIpc) is 2.93. The van der Waals surface area contributed by atoms with E-state index in [4.69, 9.17) is 0 Å². The van der Waals surface area contributed by atoms with Crippen molar-refractivity contribution in [3.8, 4) is 0 Å². The van der Waals surface area contributed by atoms with Gasteiger partial charge in [-0.15, -0.1) is 0 Å². The van der Waals surface area contributed by atoms with Crippen LogP contribution in [0, 0.1) is 0 Å². The number of likely N-dealkylation sites (tertiary alicyclic amines) is 1. The summed E-state index contributed by atoms with van der Waals surface area (Å²) >= 11 is 0.